The number of benzene rings is 3. The van der Waals surface area contributed by atoms with Gasteiger partial charge >= 0.3 is 5.97 Å². The summed E-state index contributed by atoms with van der Waals surface area (Å²) in [5, 5.41) is 13.2. The van der Waals surface area contributed by atoms with Gasteiger partial charge in [0.25, 0.3) is 0 Å². The van der Waals surface area contributed by atoms with Crippen molar-refractivity contribution in [2.24, 2.45) is 5.92 Å². The van der Waals surface area contributed by atoms with Crippen LogP contribution >= 0.6 is 15.9 Å². The summed E-state index contributed by atoms with van der Waals surface area (Å²) < 4.78 is 12.1. The fraction of sp³-hybridized carbons (Fsp3) is 0.208. The Hall–Kier alpha value is -2.99. The molecule has 2 N–H and O–H groups in total. The summed E-state index contributed by atoms with van der Waals surface area (Å²) in [6.07, 6.45) is 0.927. The molecule has 0 fully saturated rings. The van der Waals surface area contributed by atoms with Gasteiger partial charge in [0, 0.05) is 16.1 Å². The standard InChI is InChI=1S/C24H18BrNO4/c25-18-10-21-20(29-11-30-21)9-15(18)23-17-7-12-3-1-2-4-14(12)22(17)16-8-13(24(27)28)5-6-19(16)26-23/h1-6,8-10,17,22-23,26H,7,11H2,(H,27,28)/t17-,22-,23+/m0/s1. The molecule has 0 spiro atoms. The number of ether oxygens (including phenoxy) is 2. The molecule has 0 amide bonds. The van der Waals surface area contributed by atoms with Crippen LogP contribution in [0.25, 0.3) is 0 Å². The van der Waals surface area contributed by atoms with Crippen molar-refractivity contribution in [3.63, 3.8) is 0 Å². The number of carboxylic acid groups (broad SMARTS) is 1. The van der Waals surface area contributed by atoms with Gasteiger partial charge in [0.15, 0.2) is 11.5 Å². The number of aromatic carboxylic acids is 1. The molecular weight excluding hydrogens is 446 g/mol. The van der Waals surface area contributed by atoms with Crippen LogP contribution in [0.15, 0.2) is 59.1 Å². The molecule has 2 heterocycles. The highest BCUT2D eigenvalue weighted by Gasteiger charge is 2.44. The number of halogens is 1. The zero-order valence-corrected chi connectivity index (χ0v) is 17.5. The molecule has 1 aliphatic carbocycles. The van der Waals surface area contributed by atoms with E-state index in [1.165, 1.54) is 11.1 Å². The fourth-order valence-corrected chi connectivity index (χ4v) is 5.74. The van der Waals surface area contributed by atoms with Crippen LogP contribution < -0.4 is 14.8 Å². The van der Waals surface area contributed by atoms with Crippen molar-refractivity contribution in [1.29, 1.82) is 0 Å². The maximum atomic E-state index is 11.6. The van der Waals surface area contributed by atoms with E-state index in [1.54, 1.807) is 6.07 Å². The molecule has 0 saturated heterocycles. The molecule has 6 rings (SSSR count). The number of hydrogen-bond acceptors (Lipinski definition) is 4. The second kappa shape index (κ2) is 6.51. The van der Waals surface area contributed by atoms with Gasteiger partial charge < -0.3 is 19.9 Å². The SMILES string of the molecule is O=C(O)c1ccc2c(c1)[C@@H]1c3ccccc3C[C@@H]1[C@@H](c1cc3c(cc1Br)OCO3)N2. The third kappa shape index (κ3) is 2.56. The first kappa shape index (κ1) is 17.8. The van der Waals surface area contributed by atoms with Gasteiger partial charge in [-0.25, -0.2) is 4.79 Å². The van der Waals surface area contributed by atoms with Gasteiger partial charge in [-0.2, -0.15) is 0 Å². The topological polar surface area (TPSA) is 67.8 Å². The molecule has 0 unspecified atom stereocenters. The summed E-state index contributed by atoms with van der Waals surface area (Å²) in [4.78, 5) is 11.6. The van der Waals surface area contributed by atoms with Crippen LogP contribution in [0, 0.1) is 5.92 Å². The number of nitrogens with one attached hydrogen (secondary N) is 1. The Labute approximate surface area is 181 Å². The molecular formula is C24H18BrNO4. The van der Waals surface area contributed by atoms with Crippen LogP contribution in [0.3, 0.4) is 0 Å². The molecule has 150 valence electrons. The largest absolute Gasteiger partial charge is 0.478 e. The zero-order valence-electron chi connectivity index (χ0n) is 15.9. The molecule has 6 heteroatoms. The van der Waals surface area contributed by atoms with Crippen LogP contribution in [0.1, 0.15) is 44.6 Å². The van der Waals surface area contributed by atoms with Gasteiger partial charge in [0.2, 0.25) is 6.79 Å². The predicted molar refractivity (Wildman–Crippen MR) is 116 cm³/mol. The lowest BCUT2D eigenvalue weighted by atomic mass is 9.75. The van der Waals surface area contributed by atoms with Gasteiger partial charge in [-0.3, -0.25) is 0 Å². The molecule has 2 aliphatic heterocycles. The number of anilines is 1. The highest BCUT2D eigenvalue weighted by molar-refractivity contribution is 9.10. The Kier molecular flexibility index (Phi) is 3.87. The normalized spacial score (nSPS) is 22.6. The number of hydrogen-bond donors (Lipinski definition) is 2. The minimum absolute atomic E-state index is 0.0504. The van der Waals surface area contributed by atoms with Crippen LogP contribution in [-0.2, 0) is 6.42 Å². The maximum absolute atomic E-state index is 11.6. The van der Waals surface area contributed by atoms with Crippen LogP contribution in [0.5, 0.6) is 11.5 Å². The van der Waals surface area contributed by atoms with Crippen LogP contribution in [-0.4, -0.2) is 17.9 Å². The Morgan fingerprint density at radius 2 is 1.80 bits per heavy atom. The van der Waals surface area contributed by atoms with E-state index >= 15 is 0 Å². The molecule has 0 aromatic heterocycles. The number of rotatable bonds is 2. The average Bonchev–Trinajstić information content (AvgIpc) is 3.36. The smallest absolute Gasteiger partial charge is 0.335 e. The third-order valence-electron chi connectivity index (χ3n) is 6.47. The van der Waals surface area contributed by atoms with E-state index < -0.39 is 5.97 Å². The summed E-state index contributed by atoms with van der Waals surface area (Å²) in [5.74, 6) is 1.00. The molecule has 0 bridgehead atoms. The minimum Gasteiger partial charge on any atom is -0.478 e. The molecule has 0 saturated carbocycles. The summed E-state index contributed by atoms with van der Waals surface area (Å²) in [6.45, 7) is 0.238. The summed E-state index contributed by atoms with van der Waals surface area (Å²) in [5.41, 5.74) is 6.08. The monoisotopic (exact) mass is 463 g/mol. The molecule has 3 aromatic rings. The van der Waals surface area contributed by atoms with Crippen molar-refractivity contribution in [3.8, 4) is 11.5 Å². The second-order valence-corrected chi connectivity index (χ2v) is 8.85. The Bertz CT molecular complexity index is 1210. The van der Waals surface area contributed by atoms with E-state index in [0.717, 1.165) is 39.2 Å². The van der Waals surface area contributed by atoms with Gasteiger partial charge in [0.1, 0.15) is 0 Å². The molecule has 3 atom stereocenters. The average molecular weight is 464 g/mol. The van der Waals surface area contributed by atoms with E-state index in [4.69, 9.17) is 9.47 Å². The highest BCUT2D eigenvalue weighted by atomic mass is 79.9. The first-order valence-corrected chi connectivity index (χ1v) is 10.7. The number of carboxylic acids is 1. The lowest BCUT2D eigenvalue weighted by molar-refractivity contribution is 0.0696. The van der Waals surface area contributed by atoms with Crippen LogP contribution in [0.2, 0.25) is 0 Å². The van der Waals surface area contributed by atoms with Crippen molar-refractivity contribution in [1.82, 2.24) is 0 Å². The molecule has 3 aromatic carbocycles. The van der Waals surface area contributed by atoms with Gasteiger partial charge in [-0.1, -0.05) is 40.2 Å². The van der Waals surface area contributed by atoms with Crippen LogP contribution in [0.4, 0.5) is 5.69 Å². The lowest BCUT2D eigenvalue weighted by Crippen LogP contribution is -2.30. The van der Waals surface area contributed by atoms with E-state index in [2.05, 4.69) is 51.6 Å². The van der Waals surface area contributed by atoms with Crippen molar-refractivity contribution >= 4 is 27.6 Å². The Morgan fingerprint density at radius 1 is 1.00 bits per heavy atom. The summed E-state index contributed by atoms with van der Waals surface area (Å²) in [6, 6.07) is 18.0. The first-order chi connectivity index (χ1) is 14.6. The number of fused-ring (bicyclic) bond motifs is 6. The van der Waals surface area contributed by atoms with E-state index in [-0.39, 0.29) is 24.7 Å². The summed E-state index contributed by atoms with van der Waals surface area (Å²) >= 11 is 3.73. The van der Waals surface area contributed by atoms with Gasteiger partial charge in [0.05, 0.1) is 11.6 Å². The third-order valence-corrected chi connectivity index (χ3v) is 7.16. The van der Waals surface area contributed by atoms with E-state index in [1.807, 2.05) is 18.2 Å². The van der Waals surface area contributed by atoms with Crippen molar-refractivity contribution < 1.29 is 19.4 Å². The Morgan fingerprint density at radius 3 is 2.63 bits per heavy atom. The lowest BCUT2D eigenvalue weighted by Gasteiger charge is -2.38. The Balaban J connectivity index is 1.53. The van der Waals surface area contributed by atoms with E-state index in [9.17, 15) is 9.90 Å². The molecule has 3 aliphatic rings. The second-order valence-electron chi connectivity index (χ2n) is 8.00. The van der Waals surface area contributed by atoms with Crippen molar-refractivity contribution in [3.05, 3.63) is 86.9 Å². The quantitative estimate of drug-likeness (QED) is 0.536. The molecule has 0 radical (unpaired) electrons. The number of carbonyl (C=O) groups is 1. The van der Waals surface area contributed by atoms with Crippen molar-refractivity contribution in [2.75, 3.05) is 12.1 Å². The van der Waals surface area contributed by atoms with Gasteiger partial charge in [-0.05, 0) is 64.9 Å². The predicted octanol–water partition coefficient (Wildman–Crippen LogP) is 5.35. The highest BCUT2D eigenvalue weighted by Crippen LogP contribution is 2.55. The first-order valence-electron chi connectivity index (χ1n) is 9.91. The molecule has 5 nitrogen and oxygen atoms in total. The minimum atomic E-state index is -0.902. The summed E-state index contributed by atoms with van der Waals surface area (Å²) in [7, 11) is 0. The fourth-order valence-electron chi connectivity index (χ4n) is 5.17. The zero-order chi connectivity index (χ0) is 20.4. The van der Waals surface area contributed by atoms with E-state index in [0.29, 0.717) is 5.56 Å². The molecule has 30 heavy (non-hydrogen) atoms. The van der Waals surface area contributed by atoms with Gasteiger partial charge in [-0.15, -0.1) is 0 Å². The maximum Gasteiger partial charge on any atom is 0.335 e. The van der Waals surface area contributed by atoms with Crippen molar-refractivity contribution in [2.45, 2.75) is 18.4 Å².